The van der Waals surface area contributed by atoms with Crippen molar-refractivity contribution in [3.05, 3.63) is 71.8 Å². The van der Waals surface area contributed by atoms with Crippen molar-refractivity contribution in [3.8, 4) is 5.75 Å². The summed E-state index contributed by atoms with van der Waals surface area (Å²) in [5.74, 6) is 0.641. The zero-order valence-electron chi connectivity index (χ0n) is 14.6. The van der Waals surface area contributed by atoms with Gasteiger partial charge in [-0.25, -0.2) is 0 Å². The van der Waals surface area contributed by atoms with Crippen LogP contribution < -0.4 is 4.74 Å². The summed E-state index contributed by atoms with van der Waals surface area (Å²) >= 11 is 0. The van der Waals surface area contributed by atoms with E-state index in [2.05, 4.69) is 0 Å². The van der Waals surface area contributed by atoms with Crippen molar-refractivity contribution in [1.29, 1.82) is 0 Å². The summed E-state index contributed by atoms with van der Waals surface area (Å²) in [4.78, 5) is 13.2. The Morgan fingerprint density at radius 1 is 1.12 bits per heavy atom. The van der Waals surface area contributed by atoms with Crippen LogP contribution in [0.5, 0.6) is 5.75 Å². The molecule has 0 spiro atoms. The second-order valence-corrected chi connectivity index (χ2v) is 6.44. The van der Waals surface area contributed by atoms with Gasteiger partial charge in [0, 0.05) is 25.1 Å². The first-order valence-corrected chi connectivity index (χ1v) is 8.61. The number of carbonyl (C=O) groups excluding carboxylic acids is 1. The van der Waals surface area contributed by atoms with Crippen LogP contribution in [0.4, 0.5) is 8.78 Å². The zero-order valence-corrected chi connectivity index (χ0v) is 14.6. The molecule has 0 bridgehead atoms. The van der Waals surface area contributed by atoms with Gasteiger partial charge in [-0.05, 0) is 36.1 Å². The number of likely N-dealkylation sites (tertiary alicyclic amines) is 1. The van der Waals surface area contributed by atoms with E-state index in [0.29, 0.717) is 30.8 Å². The van der Waals surface area contributed by atoms with Gasteiger partial charge < -0.3 is 9.64 Å². The van der Waals surface area contributed by atoms with E-state index in [0.717, 1.165) is 5.56 Å². The van der Waals surface area contributed by atoms with Crippen LogP contribution in [0.25, 0.3) is 5.57 Å². The first-order valence-electron chi connectivity index (χ1n) is 8.61. The van der Waals surface area contributed by atoms with Crippen LogP contribution in [0.2, 0.25) is 0 Å². The fourth-order valence-electron chi connectivity index (χ4n) is 3.14. The summed E-state index contributed by atoms with van der Waals surface area (Å²) in [5, 5.41) is 0. The largest absolute Gasteiger partial charge is 0.489 e. The Kier molecular flexibility index (Phi) is 5.66. The highest BCUT2D eigenvalue weighted by atomic mass is 19.3. The number of carbonyl (C=O) groups is 1. The maximum Gasteiger partial charge on any atom is 0.274 e. The molecule has 1 aliphatic rings. The number of halogens is 2. The van der Waals surface area contributed by atoms with Gasteiger partial charge in [0.05, 0.1) is 0 Å². The average Bonchev–Trinajstić information content (AvgIpc) is 2.97. The van der Waals surface area contributed by atoms with E-state index in [9.17, 15) is 13.6 Å². The van der Waals surface area contributed by atoms with Gasteiger partial charge in [-0.15, -0.1) is 0 Å². The van der Waals surface area contributed by atoms with Gasteiger partial charge in [-0.3, -0.25) is 4.79 Å². The minimum Gasteiger partial charge on any atom is -0.489 e. The Balaban J connectivity index is 1.67. The van der Waals surface area contributed by atoms with Gasteiger partial charge in [-0.2, -0.15) is 8.78 Å². The number of benzene rings is 2. The molecular formula is C21H21F2NO2. The third-order valence-electron chi connectivity index (χ3n) is 4.75. The summed E-state index contributed by atoms with van der Waals surface area (Å²) in [6.45, 7) is 0.426. The molecule has 2 aromatic carbocycles. The lowest BCUT2D eigenvalue weighted by atomic mass is 9.98. The van der Waals surface area contributed by atoms with E-state index in [4.69, 9.17) is 4.74 Å². The summed E-state index contributed by atoms with van der Waals surface area (Å²) in [6.07, 6.45) is -0.496. The number of hydrogen-bond acceptors (Lipinski definition) is 2. The first-order chi connectivity index (χ1) is 12.5. The molecule has 1 aliphatic heterocycles. The molecule has 3 rings (SSSR count). The molecule has 0 saturated carbocycles. The lowest BCUT2D eigenvalue weighted by Gasteiger charge is -2.21. The van der Waals surface area contributed by atoms with Crippen molar-refractivity contribution >= 4 is 11.5 Å². The minimum absolute atomic E-state index is 0.00819. The number of nitrogens with zero attached hydrogens (tertiary/aromatic N) is 1. The third kappa shape index (κ3) is 4.28. The molecule has 0 radical (unpaired) electrons. The Morgan fingerprint density at radius 2 is 1.81 bits per heavy atom. The van der Waals surface area contributed by atoms with Crippen LogP contribution in [0, 0.1) is 0 Å². The second kappa shape index (κ2) is 8.13. The highest BCUT2D eigenvalue weighted by molar-refractivity contribution is 5.79. The van der Waals surface area contributed by atoms with Gasteiger partial charge in [0.1, 0.15) is 12.4 Å². The molecule has 1 fully saturated rings. The maximum absolute atomic E-state index is 13.5. The Hall–Kier alpha value is -2.69. The van der Waals surface area contributed by atoms with Crippen molar-refractivity contribution < 1.29 is 18.3 Å². The SMILES string of the molecule is CN1C(=O)CC[C@H]1CC(=C(F)F)c1ccc(OCc2ccccc2)cc1. The topological polar surface area (TPSA) is 29.5 Å². The second-order valence-electron chi connectivity index (χ2n) is 6.44. The molecule has 3 nitrogen and oxygen atoms in total. The predicted molar refractivity (Wildman–Crippen MR) is 96.8 cm³/mol. The average molecular weight is 357 g/mol. The molecule has 1 saturated heterocycles. The molecule has 0 aliphatic carbocycles. The van der Waals surface area contributed by atoms with Gasteiger partial charge in [-0.1, -0.05) is 42.5 Å². The quantitative estimate of drug-likeness (QED) is 0.737. The van der Waals surface area contributed by atoms with Crippen LogP contribution in [-0.4, -0.2) is 23.9 Å². The molecule has 0 unspecified atom stereocenters. The van der Waals surface area contributed by atoms with Crippen molar-refractivity contribution in [2.24, 2.45) is 0 Å². The highest BCUT2D eigenvalue weighted by Gasteiger charge is 2.29. The van der Waals surface area contributed by atoms with Gasteiger partial charge >= 0.3 is 0 Å². The molecule has 5 heteroatoms. The van der Waals surface area contributed by atoms with E-state index < -0.39 is 6.08 Å². The van der Waals surface area contributed by atoms with Crippen molar-refractivity contribution in [3.63, 3.8) is 0 Å². The number of amides is 1. The van der Waals surface area contributed by atoms with Crippen LogP contribution >= 0.6 is 0 Å². The lowest BCUT2D eigenvalue weighted by molar-refractivity contribution is -0.127. The standard InChI is InChI=1S/C21H21F2NO2/c1-24-17(9-12-20(24)25)13-19(21(22)23)16-7-10-18(11-8-16)26-14-15-5-3-2-4-6-15/h2-8,10-11,17H,9,12-14H2,1H3/t17-/m0/s1. The Labute approximate surface area is 151 Å². The Bertz CT molecular complexity index is 783. The van der Waals surface area contributed by atoms with E-state index in [1.54, 1.807) is 36.2 Å². The number of hydrogen-bond donors (Lipinski definition) is 0. The molecule has 26 heavy (non-hydrogen) atoms. The fourth-order valence-corrected chi connectivity index (χ4v) is 3.14. The molecule has 0 aromatic heterocycles. The summed E-state index contributed by atoms with van der Waals surface area (Å²) < 4.78 is 32.7. The van der Waals surface area contributed by atoms with Gasteiger partial charge in [0.25, 0.3) is 6.08 Å². The number of ether oxygens (including phenoxy) is 1. The molecular weight excluding hydrogens is 336 g/mol. The molecule has 1 atom stereocenters. The molecule has 136 valence electrons. The normalized spacial score (nSPS) is 16.7. The van der Waals surface area contributed by atoms with Gasteiger partial charge in [0.15, 0.2) is 0 Å². The molecule has 2 aromatic rings. The van der Waals surface area contributed by atoms with Crippen molar-refractivity contribution in [2.45, 2.75) is 31.9 Å². The summed E-state index contributed by atoms with van der Waals surface area (Å²) in [7, 11) is 1.67. The zero-order chi connectivity index (χ0) is 18.5. The summed E-state index contributed by atoms with van der Waals surface area (Å²) in [5.41, 5.74) is 1.50. The van der Waals surface area contributed by atoms with E-state index in [-0.39, 0.29) is 23.9 Å². The first kappa shape index (κ1) is 18.1. The molecule has 1 heterocycles. The summed E-state index contributed by atoms with van der Waals surface area (Å²) in [6, 6.07) is 16.3. The minimum atomic E-state index is -1.70. The fraction of sp³-hybridized carbons (Fsp3) is 0.286. The van der Waals surface area contributed by atoms with E-state index >= 15 is 0 Å². The van der Waals surface area contributed by atoms with Crippen LogP contribution in [-0.2, 0) is 11.4 Å². The maximum atomic E-state index is 13.5. The lowest BCUT2D eigenvalue weighted by Crippen LogP contribution is -2.28. The smallest absolute Gasteiger partial charge is 0.274 e. The van der Waals surface area contributed by atoms with Crippen LogP contribution in [0.3, 0.4) is 0 Å². The van der Waals surface area contributed by atoms with Crippen LogP contribution in [0.15, 0.2) is 60.7 Å². The Morgan fingerprint density at radius 3 is 2.38 bits per heavy atom. The third-order valence-corrected chi connectivity index (χ3v) is 4.75. The van der Waals surface area contributed by atoms with Gasteiger partial charge in [0.2, 0.25) is 5.91 Å². The highest BCUT2D eigenvalue weighted by Crippen LogP contribution is 2.32. The monoisotopic (exact) mass is 357 g/mol. The van der Waals surface area contributed by atoms with E-state index in [1.807, 2.05) is 30.3 Å². The van der Waals surface area contributed by atoms with E-state index in [1.165, 1.54) is 0 Å². The predicted octanol–water partition coefficient (Wildman–Crippen LogP) is 4.88. The number of rotatable bonds is 6. The molecule has 0 N–H and O–H groups in total. The van der Waals surface area contributed by atoms with Crippen molar-refractivity contribution in [1.82, 2.24) is 4.90 Å². The molecule has 1 amide bonds. The van der Waals surface area contributed by atoms with Crippen molar-refractivity contribution in [2.75, 3.05) is 7.05 Å². The van der Waals surface area contributed by atoms with Crippen LogP contribution in [0.1, 0.15) is 30.4 Å².